The van der Waals surface area contributed by atoms with E-state index in [1.165, 1.54) is 12.1 Å². The van der Waals surface area contributed by atoms with Crippen molar-refractivity contribution >= 4 is 16.2 Å². The molecule has 0 heterocycles. The van der Waals surface area contributed by atoms with Crippen LogP contribution in [0.3, 0.4) is 0 Å². The van der Waals surface area contributed by atoms with Gasteiger partial charge in [-0.3, -0.25) is 0 Å². The van der Waals surface area contributed by atoms with Crippen molar-refractivity contribution < 1.29 is 17.4 Å². The number of benzene rings is 1. The second-order valence-corrected chi connectivity index (χ2v) is 4.71. The zero-order valence-electron chi connectivity index (χ0n) is 9.06. The molecule has 0 aromatic heterocycles. The average Bonchev–Trinajstić information content (AvgIpc) is 2.17. The number of hydrogen-bond donors (Lipinski definition) is 1. The first-order valence-corrected chi connectivity index (χ1v) is 6.15. The van der Waals surface area contributed by atoms with Crippen LogP contribution in [0.2, 0.25) is 0 Å². The van der Waals surface area contributed by atoms with E-state index in [4.69, 9.17) is 0 Å². The van der Waals surface area contributed by atoms with Crippen LogP contribution in [0.1, 0.15) is 12.5 Å². The number of aryl methyl sites for hydroxylation is 1. The van der Waals surface area contributed by atoms with Crippen LogP contribution < -0.4 is 5.32 Å². The summed E-state index contributed by atoms with van der Waals surface area (Å²) in [6.45, 7) is 3.81. The highest BCUT2D eigenvalue weighted by molar-refractivity contribution is 7.87. The highest BCUT2D eigenvalue weighted by Gasteiger charge is 2.19. The van der Waals surface area contributed by atoms with Gasteiger partial charge in [-0.2, -0.15) is 8.42 Å². The summed E-state index contributed by atoms with van der Waals surface area (Å²) >= 11 is 0. The predicted octanol–water partition coefficient (Wildman–Crippen LogP) is 1.43. The number of carbonyl (C=O) groups is 1. The van der Waals surface area contributed by atoms with Gasteiger partial charge in [0.05, 0.1) is 0 Å². The first-order chi connectivity index (χ1) is 7.45. The molecule has 0 spiro atoms. The zero-order valence-corrected chi connectivity index (χ0v) is 9.87. The maximum atomic E-state index is 11.5. The Kier molecular flexibility index (Phi) is 3.89. The van der Waals surface area contributed by atoms with Crippen LogP contribution in [0, 0.1) is 6.92 Å². The monoisotopic (exact) mass is 243 g/mol. The van der Waals surface area contributed by atoms with Crippen molar-refractivity contribution in [2.24, 2.45) is 0 Å². The van der Waals surface area contributed by atoms with E-state index in [1.807, 2.05) is 6.92 Å². The minimum Gasteiger partial charge on any atom is -0.324 e. The van der Waals surface area contributed by atoms with E-state index < -0.39 is 16.2 Å². The van der Waals surface area contributed by atoms with Crippen molar-refractivity contribution in [3.63, 3.8) is 0 Å². The molecule has 1 aromatic rings. The van der Waals surface area contributed by atoms with E-state index >= 15 is 0 Å². The SMILES string of the molecule is CCNC(=O)OS(=O)(=O)c1ccc(C)cc1. The highest BCUT2D eigenvalue weighted by atomic mass is 32.2. The van der Waals surface area contributed by atoms with Gasteiger partial charge in [-0.25, -0.2) is 4.79 Å². The minimum atomic E-state index is -4.01. The molecule has 1 N–H and O–H groups in total. The lowest BCUT2D eigenvalue weighted by atomic mass is 10.2. The fourth-order valence-electron chi connectivity index (χ4n) is 1.03. The van der Waals surface area contributed by atoms with Crippen LogP contribution >= 0.6 is 0 Å². The highest BCUT2D eigenvalue weighted by Crippen LogP contribution is 2.13. The first-order valence-electron chi connectivity index (χ1n) is 4.74. The Morgan fingerprint density at radius 3 is 2.38 bits per heavy atom. The molecule has 0 saturated heterocycles. The van der Waals surface area contributed by atoms with Crippen molar-refractivity contribution in [1.82, 2.24) is 5.32 Å². The summed E-state index contributed by atoms with van der Waals surface area (Å²) in [6, 6.07) is 6.05. The Bertz CT molecular complexity index is 464. The van der Waals surface area contributed by atoms with E-state index in [1.54, 1.807) is 19.1 Å². The normalized spacial score (nSPS) is 10.9. The molecular formula is C10H13NO4S. The van der Waals surface area contributed by atoms with Gasteiger partial charge < -0.3 is 9.50 Å². The summed E-state index contributed by atoms with van der Waals surface area (Å²) in [4.78, 5) is 10.9. The maximum absolute atomic E-state index is 11.5. The molecule has 0 radical (unpaired) electrons. The molecule has 0 bridgehead atoms. The smallest absolute Gasteiger partial charge is 0.324 e. The number of carbonyl (C=O) groups excluding carboxylic acids is 1. The van der Waals surface area contributed by atoms with Gasteiger partial charge in [-0.05, 0) is 26.0 Å². The van der Waals surface area contributed by atoms with Gasteiger partial charge in [0.1, 0.15) is 4.90 Å². The fraction of sp³-hybridized carbons (Fsp3) is 0.300. The summed E-state index contributed by atoms with van der Waals surface area (Å²) in [5, 5.41) is 2.24. The van der Waals surface area contributed by atoms with Crippen molar-refractivity contribution in [3.05, 3.63) is 29.8 Å². The second-order valence-electron chi connectivity index (χ2n) is 3.17. The predicted molar refractivity (Wildman–Crippen MR) is 58.5 cm³/mol. The van der Waals surface area contributed by atoms with E-state index in [0.717, 1.165) is 5.56 Å². The topological polar surface area (TPSA) is 72.5 Å². The van der Waals surface area contributed by atoms with Crippen LogP contribution in [0.15, 0.2) is 29.2 Å². The number of hydrogen-bond acceptors (Lipinski definition) is 4. The van der Waals surface area contributed by atoms with Crippen molar-refractivity contribution in [2.75, 3.05) is 6.54 Å². The molecule has 1 rings (SSSR count). The molecule has 0 aliphatic heterocycles. The molecule has 16 heavy (non-hydrogen) atoms. The van der Waals surface area contributed by atoms with E-state index in [9.17, 15) is 13.2 Å². The number of rotatable bonds is 3. The Balaban J connectivity index is 2.86. The van der Waals surface area contributed by atoms with Gasteiger partial charge in [0.2, 0.25) is 0 Å². The third-order valence-electron chi connectivity index (χ3n) is 1.82. The summed E-state index contributed by atoms with van der Waals surface area (Å²) in [5.74, 6) is 0. The van der Waals surface area contributed by atoms with Gasteiger partial charge in [-0.15, -0.1) is 0 Å². The second kappa shape index (κ2) is 4.98. The molecule has 0 fully saturated rings. The van der Waals surface area contributed by atoms with Crippen LogP contribution in [0.4, 0.5) is 4.79 Å². The lowest BCUT2D eigenvalue weighted by Crippen LogP contribution is -2.26. The summed E-state index contributed by atoms with van der Waals surface area (Å²) in [6.07, 6.45) is -0.969. The van der Waals surface area contributed by atoms with E-state index in [-0.39, 0.29) is 4.90 Å². The standard InChI is InChI=1S/C10H13NO4S/c1-3-11-10(12)15-16(13,14)9-6-4-8(2)5-7-9/h4-7H,3H2,1-2H3,(H,11,12). The number of nitrogens with one attached hydrogen (secondary N) is 1. The Hall–Kier alpha value is -1.56. The molecule has 0 aliphatic rings. The lowest BCUT2D eigenvalue weighted by molar-refractivity contribution is 0.203. The number of amides is 1. The molecule has 0 saturated carbocycles. The lowest BCUT2D eigenvalue weighted by Gasteiger charge is -2.05. The molecule has 0 unspecified atom stereocenters. The molecule has 5 nitrogen and oxygen atoms in total. The summed E-state index contributed by atoms with van der Waals surface area (Å²) in [5.41, 5.74) is 0.928. The van der Waals surface area contributed by atoms with E-state index in [0.29, 0.717) is 6.54 Å². The molecule has 88 valence electrons. The van der Waals surface area contributed by atoms with Crippen molar-refractivity contribution in [1.29, 1.82) is 0 Å². The summed E-state index contributed by atoms with van der Waals surface area (Å²) in [7, 11) is -4.01. The molecule has 0 atom stereocenters. The van der Waals surface area contributed by atoms with Crippen LogP contribution in [0.25, 0.3) is 0 Å². The first kappa shape index (κ1) is 12.5. The molecule has 6 heteroatoms. The average molecular weight is 243 g/mol. The molecular weight excluding hydrogens is 230 g/mol. The van der Waals surface area contributed by atoms with Gasteiger partial charge in [0.15, 0.2) is 0 Å². The fourth-order valence-corrected chi connectivity index (χ4v) is 1.85. The van der Waals surface area contributed by atoms with Crippen LogP contribution in [-0.4, -0.2) is 21.1 Å². The maximum Gasteiger partial charge on any atom is 0.423 e. The molecule has 1 aromatic carbocycles. The Morgan fingerprint density at radius 2 is 1.88 bits per heavy atom. The quantitative estimate of drug-likeness (QED) is 0.815. The van der Waals surface area contributed by atoms with Gasteiger partial charge >= 0.3 is 16.2 Å². The van der Waals surface area contributed by atoms with Crippen LogP contribution in [-0.2, 0) is 14.3 Å². The van der Waals surface area contributed by atoms with Crippen molar-refractivity contribution in [2.45, 2.75) is 18.7 Å². The third kappa shape index (κ3) is 3.23. The zero-order chi connectivity index (χ0) is 12.2. The summed E-state index contributed by atoms with van der Waals surface area (Å²) < 4.78 is 27.4. The van der Waals surface area contributed by atoms with E-state index in [2.05, 4.69) is 9.50 Å². The molecule has 1 amide bonds. The van der Waals surface area contributed by atoms with Crippen molar-refractivity contribution in [3.8, 4) is 0 Å². The van der Waals surface area contributed by atoms with Gasteiger partial charge in [-0.1, -0.05) is 17.7 Å². The third-order valence-corrected chi connectivity index (χ3v) is 3.04. The van der Waals surface area contributed by atoms with Gasteiger partial charge in [0, 0.05) is 6.54 Å². The molecule has 0 aliphatic carbocycles. The minimum absolute atomic E-state index is 0.0376. The van der Waals surface area contributed by atoms with Gasteiger partial charge in [0.25, 0.3) is 0 Å². The van der Waals surface area contributed by atoms with Crippen LogP contribution in [0.5, 0.6) is 0 Å². The Morgan fingerprint density at radius 1 is 1.31 bits per heavy atom. The largest absolute Gasteiger partial charge is 0.423 e. The Labute approximate surface area is 94.6 Å².